The van der Waals surface area contributed by atoms with Crippen LogP contribution in [0.5, 0.6) is 5.75 Å². The van der Waals surface area contributed by atoms with Crippen molar-refractivity contribution < 1.29 is 9.50 Å². The van der Waals surface area contributed by atoms with E-state index in [-0.39, 0.29) is 11.8 Å². The molecule has 0 fully saturated rings. The van der Waals surface area contributed by atoms with Crippen molar-refractivity contribution in [2.75, 3.05) is 13.1 Å². The smallest absolute Gasteiger partial charge is 0.131 e. The Morgan fingerprint density at radius 1 is 1.19 bits per heavy atom. The molecule has 1 atom stereocenters. The minimum Gasteiger partial charge on any atom is -0.508 e. The van der Waals surface area contributed by atoms with E-state index in [1.807, 2.05) is 37.3 Å². The van der Waals surface area contributed by atoms with Gasteiger partial charge >= 0.3 is 0 Å². The highest BCUT2D eigenvalue weighted by molar-refractivity contribution is 5.29. The minimum atomic E-state index is -0.391. The number of nitrogens with two attached hydrogens (primary N) is 1. The number of phenols is 1. The van der Waals surface area contributed by atoms with Gasteiger partial charge in [-0.05, 0) is 18.6 Å². The average molecular weight is 288 g/mol. The van der Waals surface area contributed by atoms with Crippen LogP contribution in [0.15, 0.2) is 48.5 Å². The van der Waals surface area contributed by atoms with Crippen LogP contribution in [0.2, 0.25) is 0 Å². The monoisotopic (exact) mass is 288 g/mol. The fraction of sp³-hybridized carbons (Fsp3) is 0.294. The maximum atomic E-state index is 14.0. The second-order valence-electron chi connectivity index (χ2n) is 5.13. The quantitative estimate of drug-likeness (QED) is 0.859. The molecule has 0 heterocycles. The Morgan fingerprint density at radius 3 is 2.52 bits per heavy atom. The van der Waals surface area contributed by atoms with E-state index in [2.05, 4.69) is 4.90 Å². The lowest BCUT2D eigenvalue weighted by atomic mass is 10.0. The summed E-state index contributed by atoms with van der Waals surface area (Å²) in [6, 6.07) is 14.2. The van der Waals surface area contributed by atoms with Crippen molar-refractivity contribution in [1.82, 2.24) is 4.90 Å². The second kappa shape index (κ2) is 7.20. The Hall–Kier alpha value is -1.91. The first kappa shape index (κ1) is 15.5. The van der Waals surface area contributed by atoms with Gasteiger partial charge in [-0.1, -0.05) is 36.4 Å². The van der Waals surface area contributed by atoms with E-state index in [1.165, 1.54) is 6.07 Å². The lowest BCUT2D eigenvalue weighted by Crippen LogP contribution is -2.32. The highest BCUT2D eigenvalue weighted by Crippen LogP contribution is 2.26. The van der Waals surface area contributed by atoms with Gasteiger partial charge in [0.25, 0.3) is 0 Å². The average Bonchev–Trinajstić information content (AvgIpc) is 2.47. The molecule has 0 radical (unpaired) electrons. The number of rotatable bonds is 6. The van der Waals surface area contributed by atoms with E-state index in [1.54, 1.807) is 6.07 Å². The van der Waals surface area contributed by atoms with Gasteiger partial charge in [-0.2, -0.15) is 0 Å². The van der Waals surface area contributed by atoms with Crippen molar-refractivity contribution in [2.45, 2.75) is 19.5 Å². The lowest BCUT2D eigenvalue weighted by Gasteiger charge is -2.29. The summed E-state index contributed by atoms with van der Waals surface area (Å²) in [5, 5.41) is 9.32. The first-order chi connectivity index (χ1) is 10.1. The molecule has 0 amide bonds. The second-order valence-corrected chi connectivity index (χ2v) is 5.13. The van der Waals surface area contributed by atoms with Crippen molar-refractivity contribution in [3.05, 3.63) is 65.5 Å². The summed E-state index contributed by atoms with van der Waals surface area (Å²) >= 11 is 0. The van der Waals surface area contributed by atoms with E-state index < -0.39 is 5.82 Å². The zero-order valence-electron chi connectivity index (χ0n) is 12.2. The third-order valence-electron chi connectivity index (χ3n) is 3.63. The van der Waals surface area contributed by atoms with Gasteiger partial charge in [0.05, 0.1) is 0 Å². The number of phenolic OH excluding ortho intramolecular Hbond substituents is 1. The van der Waals surface area contributed by atoms with Gasteiger partial charge < -0.3 is 10.8 Å². The maximum Gasteiger partial charge on any atom is 0.131 e. The Bertz CT molecular complexity index is 574. The van der Waals surface area contributed by atoms with Crippen molar-refractivity contribution in [2.24, 2.45) is 5.73 Å². The standard InChI is InChI=1S/C17H21FN2O/c1-13(16-8-7-15(21)11-17(16)18)20(10-9-19)12-14-5-3-2-4-6-14/h2-8,11,13,21H,9-10,12,19H2,1H3. The SMILES string of the molecule is CC(c1ccc(O)cc1F)N(CCN)Cc1ccccc1. The van der Waals surface area contributed by atoms with Crippen LogP contribution in [-0.4, -0.2) is 23.1 Å². The largest absolute Gasteiger partial charge is 0.508 e. The molecule has 2 rings (SSSR count). The Balaban J connectivity index is 2.20. The van der Waals surface area contributed by atoms with Gasteiger partial charge in [-0.15, -0.1) is 0 Å². The van der Waals surface area contributed by atoms with Gasteiger partial charge in [0.15, 0.2) is 0 Å². The molecule has 0 aromatic heterocycles. The first-order valence-electron chi connectivity index (χ1n) is 7.08. The molecule has 0 saturated heterocycles. The van der Waals surface area contributed by atoms with Crippen LogP contribution in [0, 0.1) is 5.82 Å². The predicted molar refractivity (Wildman–Crippen MR) is 82.4 cm³/mol. The highest BCUT2D eigenvalue weighted by atomic mass is 19.1. The fourth-order valence-electron chi connectivity index (χ4n) is 2.44. The zero-order chi connectivity index (χ0) is 15.2. The topological polar surface area (TPSA) is 49.5 Å². The van der Waals surface area contributed by atoms with E-state index in [9.17, 15) is 9.50 Å². The van der Waals surface area contributed by atoms with Crippen LogP contribution in [0.3, 0.4) is 0 Å². The summed E-state index contributed by atoms with van der Waals surface area (Å²) < 4.78 is 14.0. The van der Waals surface area contributed by atoms with Crippen molar-refractivity contribution in [3.63, 3.8) is 0 Å². The number of nitrogens with zero attached hydrogens (tertiary/aromatic N) is 1. The molecule has 0 aliphatic heterocycles. The summed E-state index contributed by atoms with van der Waals surface area (Å²) in [6.45, 7) is 3.85. The van der Waals surface area contributed by atoms with E-state index >= 15 is 0 Å². The number of hydrogen-bond donors (Lipinski definition) is 2. The molecular weight excluding hydrogens is 267 g/mol. The van der Waals surface area contributed by atoms with Crippen LogP contribution < -0.4 is 5.73 Å². The third kappa shape index (κ3) is 4.03. The Morgan fingerprint density at radius 2 is 1.90 bits per heavy atom. The van der Waals surface area contributed by atoms with Crippen LogP contribution in [-0.2, 0) is 6.54 Å². The number of halogens is 1. The molecular formula is C17H21FN2O. The van der Waals surface area contributed by atoms with Gasteiger partial charge in [0.1, 0.15) is 11.6 Å². The molecule has 21 heavy (non-hydrogen) atoms. The lowest BCUT2D eigenvalue weighted by molar-refractivity contribution is 0.203. The summed E-state index contributed by atoms with van der Waals surface area (Å²) in [7, 11) is 0. The van der Waals surface area contributed by atoms with Gasteiger partial charge in [-0.3, -0.25) is 4.90 Å². The zero-order valence-corrected chi connectivity index (χ0v) is 12.2. The minimum absolute atomic E-state index is 0.0584. The molecule has 2 aromatic carbocycles. The molecule has 1 unspecified atom stereocenters. The Kier molecular flexibility index (Phi) is 5.31. The van der Waals surface area contributed by atoms with Crippen molar-refractivity contribution >= 4 is 0 Å². The van der Waals surface area contributed by atoms with E-state index in [4.69, 9.17) is 5.73 Å². The van der Waals surface area contributed by atoms with Crippen LogP contribution in [0.4, 0.5) is 4.39 Å². The summed E-state index contributed by atoms with van der Waals surface area (Å²) in [5.41, 5.74) is 7.42. The molecule has 3 N–H and O–H groups in total. The number of benzene rings is 2. The summed E-state index contributed by atoms with van der Waals surface area (Å²) in [6.07, 6.45) is 0. The maximum absolute atomic E-state index is 14.0. The van der Waals surface area contributed by atoms with E-state index in [0.717, 1.165) is 11.6 Å². The number of aromatic hydroxyl groups is 1. The highest BCUT2D eigenvalue weighted by Gasteiger charge is 2.19. The fourth-order valence-corrected chi connectivity index (χ4v) is 2.44. The van der Waals surface area contributed by atoms with Crippen LogP contribution in [0.25, 0.3) is 0 Å². The van der Waals surface area contributed by atoms with Gasteiger partial charge in [0.2, 0.25) is 0 Å². The van der Waals surface area contributed by atoms with Gasteiger partial charge in [-0.25, -0.2) is 4.39 Å². The van der Waals surface area contributed by atoms with Crippen molar-refractivity contribution in [1.29, 1.82) is 0 Å². The molecule has 3 nitrogen and oxygen atoms in total. The number of hydrogen-bond acceptors (Lipinski definition) is 3. The first-order valence-corrected chi connectivity index (χ1v) is 7.08. The van der Waals surface area contributed by atoms with Crippen LogP contribution in [0.1, 0.15) is 24.1 Å². The molecule has 2 aromatic rings. The van der Waals surface area contributed by atoms with Gasteiger partial charge in [0, 0.05) is 37.3 Å². The molecule has 0 bridgehead atoms. The third-order valence-corrected chi connectivity index (χ3v) is 3.63. The molecule has 112 valence electrons. The van der Waals surface area contributed by atoms with E-state index in [0.29, 0.717) is 25.2 Å². The normalized spacial score (nSPS) is 12.6. The van der Waals surface area contributed by atoms with Crippen LogP contribution >= 0.6 is 0 Å². The van der Waals surface area contributed by atoms with Crippen molar-refractivity contribution in [3.8, 4) is 5.75 Å². The molecule has 4 heteroatoms. The molecule has 0 spiro atoms. The molecule has 0 aliphatic carbocycles. The predicted octanol–water partition coefficient (Wildman–Crippen LogP) is 3.05. The molecule has 0 aliphatic rings. The summed E-state index contributed by atoms with van der Waals surface area (Å²) in [5.74, 6) is -0.450. The Labute approximate surface area is 124 Å². The molecule has 0 saturated carbocycles. The summed E-state index contributed by atoms with van der Waals surface area (Å²) in [4.78, 5) is 2.13.